The zero-order chi connectivity index (χ0) is 15.0. The lowest BCUT2D eigenvalue weighted by Crippen LogP contribution is -2.19. The van der Waals surface area contributed by atoms with Gasteiger partial charge in [-0.05, 0) is 19.3 Å². The molecular weight excluding hydrogens is 280 g/mol. The summed E-state index contributed by atoms with van der Waals surface area (Å²) in [4.78, 5) is 20.4. The minimum Gasteiger partial charge on any atom is -0.356 e. The van der Waals surface area contributed by atoms with E-state index < -0.39 is 21.2 Å². The van der Waals surface area contributed by atoms with E-state index in [1.54, 1.807) is 4.68 Å². The molecule has 1 aliphatic rings. The summed E-state index contributed by atoms with van der Waals surface area (Å²) in [6.45, 7) is 0.612. The Kier molecular flexibility index (Phi) is 3.26. The lowest BCUT2D eigenvalue weighted by Gasteiger charge is -2.23. The summed E-state index contributed by atoms with van der Waals surface area (Å²) < 4.78 is 7.17. The molecule has 3 rings (SSSR count). The van der Waals surface area contributed by atoms with Gasteiger partial charge in [0.15, 0.2) is 6.23 Å². The summed E-state index contributed by atoms with van der Waals surface area (Å²) in [5.41, 5.74) is -0.596. The highest BCUT2D eigenvalue weighted by Gasteiger charge is 2.27. The Balaban J connectivity index is 2.14. The number of ether oxygens (including phenoxy) is 1. The summed E-state index contributed by atoms with van der Waals surface area (Å²) in [5, 5.41) is 26.6. The van der Waals surface area contributed by atoms with Crippen LogP contribution in [0.15, 0.2) is 18.3 Å². The number of aromatic nitrogens is 2. The zero-order valence-corrected chi connectivity index (χ0v) is 11.0. The molecule has 9 heteroatoms. The second-order valence-electron chi connectivity index (χ2n) is 4.82. The van der Waals surface area contributed by atoms with Crippen LogP contribution in [0.2, 0.25) is 0 Å². The van der Waals surface area contributed by atoms with Gasteiger partial charge in [0.2, 0.25) is 0 Å². The number of nitrogens with zero attached hydrogens (tertiary/aromatic N) is 4. The fourth-order valence-corrected chi connectivity index (χ4v) is 2.51. The van der Waals surface area contributed by atoms with Gasteiger partial charge in [0.1, 0.15) is 0 Å². The molecule has 1 atom stereocenters. The Morgan fingerprint density at radius 3 is 2.52 bits per heavy atom. The van der Waals surface area contributed by atoms with Crippen LogP contribution >= 0.6 is 0 Å². The van der Waals surface area contributed by atoms with E-state index in [1.165, 1.54) is 18.3 Å². The van der Waals surface area contributed by atoms with Crippen LogP contribution in [-0.4, -0.2) is 26.2 Å². The first-order valence-electron chi connectivity index (χ1n) is 6.49. The van der Waals surface area contributed by atoms with E-state index in [1.807, 2.05) is 0 Å². The molecule has 0 amide bonds. The van der Waals surface area contributed by atoms with E-state index in [0.29, 0.717) is 17.5 Å². The molecule has 2 aromatic rings. The monoisotopic (exact) mass is 292 g/mol. The van der Waals surface area contributed by atoms with E-state index in [4.69, 9.17) is 4.74 Å². The summed E-state index contributed by atoms with van der Waals surface area (Å²) in [5.74, 6) is 0. The van der Waals surface area contributed by atoms with Crippen molar-refractivity contribution in [3.05, 3.63) is 38.6 Å². The third kappa shape index (κ3) is 2.31. The van der Waals surface area contributed by atoms with Crippen molar-refractivity contribution in [1.82, 2.24) is 9.78 Å². The second kappa shape index (κ2) is 5.09. The molecule has 0 spiro atoms. The van der Waals surface area contributed by atoms with E-state index in [9.17, 15) is 20.2 Å². The van der Waals surface area contributed by atoms with Crippen LogP contribution in [0, 0.1) is 20.2 Å². The van der Waals surface area contributed by atoms with Crippen molar-refractivity contribution in [2.45, 2.75) is 25.5 Å². The fraction of sp³-hybridized carbons (Fsp3) is 0.417. The minimum absolute atomic E-state index is 0.280. The average Bonchev–Trinajstić information content (AvgIpc) is 2.89. The van der Waals surface area contributed by atoms with Gasteiger partial charge < -0.3 is 4.74 Å². The molecule has 1 aliphatic heterocycles. The number of rotatable bonds is 3. The predicted octanol–water partition coefficient (Wildman–Crippen LogP) is 2.55. The standard InChI is InChI=1S/C12H12N4O5/c17-15(18)10-5-8-7-13-14(12-3-1-2-4-21-12)9(8)6-11(10)16(19)20/h5-7,12H,1-4H2. The van der Waals surface area contributed by atoms with Gasteiger partial charge in [-0.15, -0.1) is 0 Å². The van der Waals surface area contributed by atoms with Crippen molar-refractivity contribution in [3.63, 3.8) is 0 Å². The highest BCUT2D eigenvalue weighted by atomic mass is 16.6. The molecule has 1 fully saturated rings. The van der Waals surface area contributed by atoms with Gasteiger partial charge in [0, 0.05) is 24.1 Å². The van der Waals surface area contributed by atoms with Crippen molar-refractivity contribution in [2.75, 3.05) is 6.61 Å². The van der Waals surface area contributed by atoms with Crippen LogP contribution in [0.4, 0.5) is 11.4 Å². The van der Waals surface area contributed by atoms with Gasteiger partial charge in [-0.2, -0.15) is 5.10 Å². The molecule has 0 saturated carbocycles. The molecule has 21 heavy (non-hydrogen) atoms. The second-order valence-corrected chi connectivity index (χ2v) is 4.82. The molecule has 1 aromatic heterocycles. The zero-order valence-electron chi connectivity index (χ0n) is 11.0. The minimum atomic E-state index is -0.758. The van der Waals surface area contributed by atoms with Crippen molar-refractivity contribution >= 4 is 22.3 Å². The topological polar surface area (TPSA) is 113 Å². The van der Waals surface area contributed by atoms with Gasteiger partial charge in [-0.3, -0.25) is 20.2 Å². The molecule has 0 aliphatic carbocycles. The largest absolute Gasteiger partial charge is 0.356 e. The third-order valence-electron chi connectivity index (χ3n) is 3.51. The third-order valence-corrected chi connectivity index (χ3v) is 3.51. The summed E-state index contributed by atoms with van der Waals surface area (Å²) in [6, 6.07) is 2.37. The lowest BCUT2D eigenvalue weighted by molar-refractivity contribution is -0.422. The van der Waals surface area contributed by atoms with Crippen molar-refractivity contribution in [2.24, 2.45) is 0 Å². The van der Waals surface area contributed by atoms with Crippen molar-refractivity contribution in [1.29, 1.82) is 0 Å². The molecule has 0 radical (unpaired) electrons. The van der Waals surface area contributed by atoms with Crippen LogP contribution < -0.4 is 0 Å². The number of hydrogen-bond acceptors (Lipinski definition) is 6. The van der Waals surface area contributed by atoms with Crippen LogP contribution in [0.5, 0.6) is 0 Å². The molecule has 0 N–H and O–H groups in total. The number of hydrogen-bond donors (Lipinski definition) is 0. The van der Waals surface area contributed by atoms with Gasteiger partial charge in [-0.25, -0.2) is 4.68 Å². The predicted molar refractivity (Wildman–Crippen MR) is 71.9 cm³/mol. The SMILES string of the molecule is O=[N+]([O-])c1cc2cnn(C3CCCCO3)c2cc1[N+](=O)[O-]. The average molecular weight is 292 g/mol. The number of nitro benzene ring substituents is 2. The van der Waals surface area contributed by atoms with Crippen LogP contribution in [-0.2, 0) is 4.74 Å². The number of nitro groups is 2. The maximum Gasteiger partial charge on any atom is 0.348 e. The number of benzene rings is 1. The van der Waals surface area contributed by atoms with Crippen LogP contribution in [0.1, 0.15) is 25.5 Å². The first-order chi connectivity index (χ1) is 10.1. The molecule has 1 saturated heterocycles. The maximum absolute atomic E-state index is 11.0. The molecule has 9 nitrogen and oxygen atoms in total. The smallest absolute Gasteiger partial charge is 0.348 e. The normalized spacial score (nSPS) is 18.8. The quantitative estimate of drug-likeness (QED) is 0.634. The summed E-state index contributed by atoms with van der Waals surface area (Å²) >= 11 is 0. The maximum atomic E-state index is 11.0. The Labute approximate surface area is 118 Å². The first-order valence-corrected chi connectivity index (χ1v) is 6.49. The van der Waals surface area contributed by atoms with Gasteiger partial charge in [0.05, 0.1) is 21.6 Å². The fourth-order valence-electron chi connectivity index (χ4n) is 2.51. The van der Waals surface area contributed by atoms with Crippen molar-refractivity contribution in [3.8, 4) is 0 Å². The lowest BCUT2D eigenvalue weighted by atomic mass is 10.1. The molecule has 110 valence electrons. The number of fused-ring (bicyclic) bond motifs is 1. The Morgan fingerprint density at radius 2 is 1.90 bits per heavy atom. The molecule has 0 bridgehead atoms. The molecule has 1 aromatic carbocycles. The van der Waals surface area contributed by atoms with E-state index in [0.717, 1.165) is 19.3 Å². The van der Waals surface area contributed by atoms with Crippen LogP contribution in [0.3, 0.4) is 0 Å². The van der Waals surface area contributed by atoms with Gasteiger partial charge in [0.25, 0.3) is 0 Å². The van der Waals surface area contributed by atoms with Crippen LogP contribution in [0.25, 0.3) is 10.9 Å². The van der Waals surface area contributed by atoms with Gasteiger partial charge >= 0.3 is 11.4 Å². The van der Waals surface area contributed by atoms with E-state index in [-0.39, 0.29) is 6.23 Å². The Morgan fingerprint density at radius 1 is 1.19 bits per heavy atom. The van der Waals surface area contributed by atoms with Gasteiger partial charge in [-0.1, -0.05) is 0 Å². The summed E-state index contributed by atoms with van der Waals surface area (Å²) in [6.07, 6.45) is 3.91. The first kappa shape index (κ1) is 13.4. The van der Waals surface area contributed by atoms with E-state index in [2.05, 4.69) is 5.10 Å². The molecule has 2 heterocycles. The Hall–Kier alpha value is -2.55. The highest BCUT2D eigenvalue weighted by Crippen LogP contribution is 2.34. The Bertz CT molecular complexity index is 720. The summed E-state index contributed by atoms with van der Waals surface area (Å²) in [7, 11) is 0. The molecular formula is C12H12N4O5. The highest BCUT2D eigenvalue weighted by molar-refractivity contribution is 5.85. The van der Waals surface area contributed by atoms with Crippen molar-refractivity contribution < 1.29 is 14.6 Å². The molecule has 1 unspecified atom stereocenters. The van der Waals surface area contributed by atoms with E-state index >= 15 is 0 Å².